The molecule has 24 N–H and O–H groups in total. The van der Waals surface area contributed by atoms with Gasteiger partial charge in [-0.25, -0.2) is 4.79 Å². The number of hydrogen-bond acceptors (Lipinski definition) is 22. The molecule has 0 aliphatic heterocycles. The fourth-order valence-electron chi connectivity index (χ4n) is 9.34. The summed E-state index contributed by atoms with van der Waals surface area (Å²) in [5, 5.41) is 97.8. The molecule has 98 heavy (non-hydrogen) atoms. The van der Waals surface area contributed by atoms with Crippen LogP contribution in [-0.2, 0) is 78.3 Å². The molecule has 1 aromatic heterocycles. The van der Waals surface area contributed by atoms with Crippen molar-refractivity contribution in [2.24, 2.45) is 23.3 Å². The highest BCUT2D eigenvalue weighted by molar-refractivity contribution is 7.80. The number of fused-ring (bicyclic) bond motifs is 1. The van der Waals surface area contributed by atoms with Crippen molar-refractivity contribution in [3.05, 3.63) is 36.0 Å². The van der Waals surface area contributed by atoms with Gasteiger partial charge in [-0.15, -0.1) is 0 Å². The van der Waals surface area contributed by atoms with Gasteiger partial charge in [0.05, 0.1) is 37.9 Å². The van der Waals surface area contributed by atoms with Crippen LogP contribution in [0.1, 0.15) is 106 Å². The Bertz CT molecular complexity index is 3120. The van der Waals surface area contributed by atoms with Gasteiger partial charge in [-0.05, 0) is 83.4 Å². The summed E-state index contributed by atoms with van der Waals surface area (Å²) in [4.78, 5) is 203. The summed E-state index contributed by atoms with van der Waals surface area (Å²) in [6.45, 7) is 8.81. The van der Waals surface area contributed by atoms with Gasteiger partial charge in [-0.2, -0.15) is 12.6 Å². The largest absolute Gasteiger partial charge is 0.481 e. The van der Waals surface area contributed by atoms with E-state index < -0.39 is 224 Å². The topological polar surface area (TPSA) is 610 Å². The normalized spacial score (nSPS) is 16.2. The minimum absolute atomic E-state index is 0.0602. The lowest BCUT2D eigenvalue weighted by molar-refractivity contribution is -0.144. The number of aromatic nitrogens is 1. The lowest BCUT2D eigenvalue weighted by Gasteiger charge is -2.29. The van der Waals surface area contributed by atoms with E-state index in [-0.39, 0.29) is 44.4 Å². The Morgan fingerprint density at radius 2 is 0.918 bits per heavy atom. The molecule has 0 spiro atoms. The van der Waals surface area contributed by atoms with Crippen molar-refractivity contribution in [1.82, 2.24) is 68.8 Å². The van der Waals surface area contributed by atoms with Crippen molar-refractivity contribution in [3.63, 3.8) is 0 Å². The number of hydrogen-bond donors (Lipinski definition) is 23. The molecule has 548 valence electrons. The van der Waals surface area contributed by atoms with Crippen molar-refractivity contribution >= 4 is 112 Å². The van der Waals surface area contributed by atoms with Gasteiger partial charge in [-0.1, -0.05) is 52.3 Å². The van der Waals surface area contributed by atoms with Crippen LogP contribution in [0, 0.1) is 11.8 Å². The van der Waals surface area contributed by atoms with Gasteiger partial charge in [0.2, 0.25) is 70.9 Å². The predicted molar refractivity (Wildman–Crippen MR) is 350 cm³/mol. The Morgan fingerprint density at radius 3 is 1.44 bits per heavy atom. The highest BCUT2D eigenvalue weighted by Crippen LogP contribution is 2.20. The Kier molecular flexibility index (Phi) is 36.3. The van der Waals surface area contributed by atoms with Gasteiger partial charge in [0.25, 0.3) is 0 Å². The van der Waals surface area contributed by atoms with E-state index in [1.807, 2.05) is 0 Å². The summed E-state index contributed by atoms with van der Waals surface area (Å²) < 4.78 is 0. The molecule has 2 aromatic rings. The molecule has 2 rings (SSSR count). The van der Waals surface area contributed by atoms with Crippen molar-refractivity contribution in [2.75, 3.05) is 25.5 Å². The maximum Gasteiger partial charge on any atom is 0.328 e. The zero-order chi connectivity index (χ0) is 74.4. The number of aliphatic hydroxyl groups is 4. The number of aliphatic hydroxyl groups excluding tert-OH is 4. The van der Waals surface area contributed by atoms with Crippen molar-refractivity contribution in [3.8, 4) is 0 Å². The number of amides is 12. The zero-order valence-electron chi connectivity index (χ0n) is 55.5. The van der Waals surface area contributed by atoms with Gasteiger partial charge in [0.15, 0.2) is 0 Å². The molecule has 0 bridgehead atoms. The van der Waals surface area contributed by atoms with E-state index in [1.54, 1.807) is 51.2 Å². The van der Waals surface area contributed by atoms with Crippen LogP contribution in [0.5, 0.6) is 0 Å². The van der Waals surface area contributed by atoms with Gasteiger partial charge in [0, 0.05) is 35.7 Å². The first-order valence-electron chi connectivity index (χ1n) is 31.5. The smallest absolute Gasteiger partial charge is 0.328 e. The second kappa shape index (κ2) is 41.9. The maximum absolute atomic E-state index is 14.3. The van der Waals surface area contributed by atoms with E-state index in [4.69, 9.17) is 11.5 Å². The second-order valence-corrected chi connectivity index (χ2v) is 24.1. The number of H-pyrrole nitrogens is 1. The fourth-order valence-corrected chi connectivity index (χ4v) is 9.51. The third-order valence-electron chi connectivity index (χ3n) is 15.4. The number of thiol groups is 1. The number of aromatic amines is 1. The van der Waals surface area contributed by atoms with Crippen molar-refractivity contribution in [2.45, 2.75) is 198 Å². The number of carboxylic acids is 3. The second-order valence-electron chi connectivity index (χ2n) is 23.8. The number of rotatable bonds is 44. The van der Waals surface area contributed by atoms with E-state index in [0.717, 1.165) is 6.92 Å². The summed E-state index contributed by atoms with van der Waals surface area (Å²) in [5.74, 6) is -19.4. The van der Waals surface area contributed by atoms with Crippen molar-refractivity contribution < 1.29 is 108 Å². The number of para-hydroxylation sites is 1. The molecule has 0 aliphatic rings. The third kappa shape index (κ3) is 27.4. The molecule has 0 saturated heterocycles. The molecule has 1 heterocycles. The Balaban J connectivity index is 2.41. The molecule has 0 unspecified atom stereocenters. The molecule has 0 fully saturated rings. The first-order chi connectivity index (χ1) is 46.0. The Morgan fingerprint density at radius 1 is 0.490 bits per heavy atom. The van der Waals surface area contributed by atoms with Crippen LogP contribution in [0.4, 0.5) is 0 Å². The van der Waals surface area contributed by atoms with Crippen LogP contribution in [-0.4, -0.2) is 246 Å². The highest BCUT2D eigenvalue weighted by atomic mass is 32.1. The SMILES string of the molecule is CC[C@H](C)[C@H](NC(=O)[C@H](CO)NC(=O)[C@H](CC(=O)O)NC(=O)[C@H](CCCCN)NC(=O)[C@H](CCC(=O)O)NC(=O)[C@@H](NC(=O)[C@H](C)NC(=O)[C@H](Cc1c[nH]c2ccccc12)NC(=O)[C@H](C)NC(=O)[C@@H](NC(=O)[C@@H](NC(=O)[C@@H](N)CS)[C@@H](C)O)C(C)C)[C@@H](C)O)C(=O)N[C@@H](CO)C(=O)O. The van der Waals surface area contributed by atoms with Crippen LogP contribution in [0.25, 0.3) is 10.9 Å². The van der Waals surface area contributed by atoms with Gasteiger partial charge in [0.1, 0.15) is 72.5 Å². The lowest BCUT2D eigenvalue weighted by atomic mass is 9.97. The number of nitrogens with two attached hydrogens (primary N) is 2. The minimum Gasteiger partial charge on any atom is -0.481 e. The van der Waals surface area contributed by atoms with Crippen LogP contribution in [0.3, 0.4) is 0 Å². The standard InChI is InChI=1S/C60H95N15O22S/c1-9-27(4)45(57(93)71-41(24-77)60(96)97)73-55(91)40(23-76)70-54(90)39(21-43(82)83)69-51(87)36(16-12-13-19-61)66-52(88)37(17-18-42(80)81)67-58(94)46(30(7)78)74-49(85)29(6)64-53(89)38(20-32-22-63-35-15-11-10-14-33(32)35)68-48(84)28(5)65-56(92)44(26(2)3)72-59(95)47(31(8)79)75-50(86)34(62)25-98/h10-11,14-15,22,26-31,34,36-41,44-47,63,76-79,98H,9,12-13,16-21,23-25,61-62H2,1-8H3,(H,64,89)(H,65,92)(H,66,88)(H,67,94)(H,68,84)(H,69,87)(H,70,90)(H,71,93)(H,72,95)(H,73,91)(H,74,85)(H,75,86)(H,80,81)(H,82,83)(H,96,97)/t27-,28-,29-,30+,31+,34-,36-,37-,38-,39-,40-,41-,44-,45-,46-,47-/m0/s1. The molecule has 37 nitrogen and oxygen atoms in total. The highest BCUT2D eigenvalue weighted by Gasteiger charge is 2.39. The van der Waals surface area contributed by atoms with E-state index in [0.29, 0.717) is 16.5 Å². The quantitative estimate of drug-likeness (QED) is 0.0216. The first kappa shape index (κ1) is 85.0. The van der Waals surface area contributed by atoms with Crippen LogP contribution in [0.2, 0.25) is 0 Å². The molecule has 38 heteroatoms. The zero-order valence-corrected chi connectivity index (χ0v) is 56.4. The average molecular weight is 1410 g/mol. The number of carboxylic acid groups (broad SMARTS) is 3. The van der Waals surface area contributed by atoms with Crippen LogP contribution >= 0.6 is 12.6 Å². The summed E-state index contributed by atoms with van der Waals surface area (Å²) in [5.41, 5.74) is 12.5. The van der Waals surface area contributed by atoms with E-state index in [9.17, 15) is 108 Å². The molecular formula is C60H95N15O22S. The van der Waals surface area contributed by atoms with Crippen LogP contribution in [0.15, 0.2) is 30.5 Å². The Labute approximate surface area is 569 Å². The number of carbonyl (C=O) groups excluding carboxylic acids is 12. The number of nitrogens with one attached hydrogen (secondary N) is 13. The summed E-state index contributed by atoms with van der Waals surface area (Å²) in [6.07, 6.45) is -4.39. The third-order valence-corrected chi connectivity index (χ3v) is 15.8. The molecular weight excluding hydrogens is 1310 g/mol. The monoisotopic (exact) mass is 1410 g/mol. The molecule has 16 atom stereocenters. The van der Waals surface area contributed by atoms with Gasteiger partial charge >= 0.3 is 17.9 Å². The van der Waals surface area contributed by atoms with Gasteiger partial charge < -0.3 is 116 Å². The molecule has 0 radical (unpaired) electrons. The minimum atomic E-state index is -2.07. The number of unbranched alkanes of at least 4 members (excludes halogenated alkanes) is 1. The molecule has 1 aromatic carbocycles. The number of carbonyl (C=O) groups is 15. The van der Waals surface area contributed by atoms with E-state index >= 15 is 0 Å². The van der Waals surface area contributed by atoms with Crippen molar-refractivity contribution in [1.29, 1.82) is 0 Å². The summed E-state index contributed by atoms with van der Waals surface area (Å²) in [7, 11) is 0. The van der Waals surface area contributed by atoms with E-state index in [1.165, 1.54) is 27.7 Å². The maximum atomic E-state index is 14.3. The lowest BCUT2D eigenvalue weighted by Crippen LogP contribution is -2.62. The van der Waals surface area contributed by atoms with E-state index in [2.05, 4.69) is 81.4 Å². The first-order valence-corrected chi connectivity index (χ1v) is 32.1. The molecule has 12 amide bonds. The average Bonchev–Trinajstić information content (AvgIpc) is 1.63. The summed E-state index contributed by atoms with van der Waals surface area (Å²) >= 11 is 3.97. The number of aliphatic carboxylic acids is 3. The van der Waals surface area contributed by atoms with Gasteiger partial charge in [-0.3, -0.25) is 67.1 Å². The molecule has 0 aliphatic carbocycles. The summed E-state index contributed by atoms with van der Waals surface area (Å²) in [6, 6.07) is -14.5. The Hall–Kier alpha value is -9.08. The molecule has 0 saturated carbocycles. The predicted octanol–water partition coefficient (Wildman–Crippen LogP) is -7.17. The fraction of sp³-hybridized carbons (Fsp3) is 0.617. The van der Waals surface area contributed by atoms with Crippen LogP contribution < -0.4 is 75.3 Å². The number of benzene rings is 1.